The molecule has 0 aliphatic heterocycles. The predicted octanol–water partition coefficient (Wildman–Crippen LogP) is 7.08. The summed E-state index contributed by atoms with van der Waals surface area (Å²) in [6, 6.07) is 0. The highest BCUT2D eigenvalue weighted by Crippen LogP contribution is 2.44. The Balaban J connectivity index is 1.85. The average molecular weight is 290 g/mol. The van der Waals surface area contributed by atoms with Crippen molar-refractivity contribution in [2.75, 3.05) is 0 Å². The minimum Gasteiger partial charge on any atom is -0.0734 e. The number of hydrogen-bond acceptors (Lipinski definition) is 0. The number of hydrogen-bond donors (Lipinski definition) is 0. The van der Waals surface area contributed by atoms with Gasteiger partial charge in [0.1, 0.15) is 6.71 Å². The van der Waals surface area contributed by atoms with Crippen molar-refractivity contribution < 1.29 is 0 Å². The monoisotopic (exact) mass is 290 g/mol. The fraction of sp³-hybridized carbons (Fsp3) is 1.00. The maximum atomic E-state index is 2.55. The van der Waals surface area contributed by atoms with Crippen molar-refractivity contribution in [3.05, 3.63) is 0 Å². The van der Waals surface area contributed by atoms with Gasteiger partial charge in [-0.2, -0.15) is 0 Å². The van der Waals surface area contributed by atoms with E-state index < -0.39 is 0 Å². The van der Waals surface area contributed by atoms with Crippen LogP contribution in [0.25, 0.3) is 0 Å². The van der Waals surface area contributed by atoms with Gasteiger partial charge in [-0.1, -0.05) is 110 Å². The Morgan fingerprint density at radius 2 is 1.19 bits per heavy atom. The van der Waals surface area contributed by atoms with E-state index in [1.807, 2.05) is 0 Å². The lowest BCUT2D eigenvalue weighted by molar-refractivity contribution is 0.447. The van der Waals surface area contributed by atoms with E-state index in [4.69, 9.17) is 0 Å². The molecule has 0 saturated heterocycles. The van der Waals surface area contributed by atoms with Crippen LogP contribution in [0.3, 0.4) is 0 Å². The molecule has 0 heterocycles. The van der Waals surface area contributed by atoms with Gasteiger partial charge in [0.05, 0.1) is 0 Å². The van der Waals surface area contributed by atoms with E-state index >= 15 is 0 Å². The summed E-state index contributed by atoms with van der Waals surface area (Å²) in [6.07, 6.45) is 18.2. The Morgan fingerprint density at radius 1 is 0.810 bits per heavy atom. The Bertz CT molecular complexity index is 262. The van der Waals surface area contributed by atoms with Crippen LogP contribution in [0, 0.1) is 17.8 Å². The van der Waals surface area contributed by atoms with E-state index in [-0.39, 0.29) is 0 Å². The highest BCUT2D eigenvalue weighted by molar-refractivity contribution is 6.62. The molecule has 2 aliphatic rings. The molecule has 0 aromatic carbocycles. The van der Waals surface area contributed by atoms with E-state index in [0.29, 0.717) is 5.31 Å². The maximum Gasteiger partial charge on any atom is 0.146 e. The van der Waals surface area contributed by atoms with Crippen molar-refractivity contribution in [1.29, 1.82) is 0 Å². The van der Waals surface area contributed by atoms with Gasteiger partial charge in [0.15, 0.2) is 0 Å². The van der Waals surface area contributed by atoms with E-state index in [0.717, 1.165) is 24.5 Å². The van der Waals surface area contributed by atoms with Crippen LogP contribution in [0.2, 0.25) is 18.0 Å². The molecule has 0 N–H and O–H groups in total. The van der Waals surface area contributed by atoms with Gasteiger partial charge in [-0.15, -0.1) is 0 Å². The average Bonchev–Trinajstić information content (AvgIpc) is 3.10. The first-order chi connectivity index (χ1) is 10.00. The highest BCUT2D eigenvalue weighted by Gasteiger charge is 2.36. The van der Waals surface area contributed by atoms with Crippen molar-refractivity contribution in [3.63, 3.8) is 0 Å². The van der Waals surface area contributed by atoms with E-state index in [1.54, 1.807) is 0 Å². The maximum absolute atomic E-state index is 2.55. The van der Waals surface area contributed by atoms with E-state index in [2.05, 4.69) is 27.7 Å². The summed E-state index contributed by atoms with van der Waals surface area (Å²) < 4.78 is 0. The molecule has 21 heavy (non-hydrogen) atoms. The minimum absolute atomic E-state index is 0.525. The van der Waals surface area contributed by atoms with Crippen LogP contribution in [-0.4, -0.2) is 6.71 Å². The molecule has 2 rings (SSSR count). The molecule has 0 amide bonds. The Hall–Kier alpha value is 0.0649. The second-order valence-electron chi connectivity index (χ2n) is 9.13. The molecule has 2 saturated carbocycles. The quantitative estimate of drug-likeness (QED) is 0.419. The van der Waals surface area contributed by atoms with Gasteiger partial charge in [0, 0.05) is 0 Å². The first-order valence-corrected chi connectivity index (χ1v) is 10.00. The van der Waals surface area contributed by atoms with Gasteiger partial charge in [-0.25, -0.2) is 0 Å². The summed E-state index contributed by atoms with van der Waals surface area (Å²) in [7, 11) is 0. The van der Waals surface area contributed by atoms with Crippen LogP contribution in [0.15, 0.2) is 0 Å². The minimum atomic E-state index is 0.525. The second-order valence-corrected chi connectivity index (χ2v) is 9.13. The third kappa shape index (κ3) is 5.03. The predicted molar refractivity (Wildman–Crippen MR) is 97.4 cm³/mol. The lowest BCUT2D eigenvalue weighted by Gasteiger charge is -2.37. The standard InChI is InChI=1S/C20H39B/c1-17(2)20(3,4)21(15-13-18-9-5-6-10-18)16-14-19-11-7-8-12-19/h17-19H,5-16H2,1-4H3. The summed E-state index contributed by atoms with van der Waals surface area (Å²) >= 11 is 0. The molecular weight excluding hydrogens is 251 g/mol. The van der Waals surface area contributed by atoms with Crippen molar-refractivity contribution in [3.8, 4) is 0 Å². The van der Waals surface area contributed by atoms with Crippen LogP contribution >= 0.6 is 0 Å². The van der Waals surface area contributed by atoms with Crippen LogP contribution in [0.1, 0.15) is 91.9 Å². The van der Waals surface area contributed by atoms with Crippen LogP contribution in [0.4, 0.5) is 0 Å². The van der Waals surface area contributed by atoms with Gasteiger partial charge >= 0.3 is 0 Å². The molecule has 0 unspecified atom stereocenters. The smallest absolute Gasteiger partial charge is 0.0734 e. The summed E-state index contributed by atoms with van der Waals surface area (Å²) in [6.45, 7) is 10.9. The highest BCUT2D eigenvalue weighted by atomic mass is 14.3. The van der Waals surface area contributed by atoms with Gasteiger partial charge in [0.2, 0.25) is 0 Å². The van der Waals surface area contributed by atoms with E-state index in [9.17, 15) is 0 Å². The molecule has 122 valence electrons. The van der Waals surface area contributed by atoms with Gasteiger partial charge in [-0.05, 0) is 17.8 Å². The van der Waals surface area contributed by atoms with Crippen LogP contribution in [0.5, 0.6) is 0 Å². The molecule has 0 aromatic heterocycles. The fourth-order valence-corrected chi connectivity index (χ4v) is 4.83. The molecule has 0 radical (unpaired) electrons. The zero-order valence-corrected chi connectivity index (χ0v) is 15.3. The normalized spacial score (nSPS) is 21.6. The SMILES string of the molecule is CC(C)C(C)(C)B(CCC1CCCC1)CCC1CCCC1. The van der Waals surface area contributed by atoms with E-state index in [1.165, 1.54) is 76.8 Å². The Kier molecular flexibility index (Phi) is 6.69. The van der Waals surface area contributed by atoms with Gasteiger partial charge in [-0.3, -0.25) is 0 Å². The zero-order chi connectivity index (χ0) is 15.3. The fourth-order valence-electron chi connectivity index (χ4n) is 4.83. The molecule has 2 aliphatic carbocycles. The first-order valence-electron chi connectivity index (χ1n) is 10.00. The van der Waals surface area contributed by atoms with Crippen LogP contribution in [-0.2, 0) is 0 Å². The lowest BCUT2D eigenvalue weighted by atomic mass is 9.28. The first kappa shape index (κ1) is 17.4. The second kappa shape index (κ2) is 8.07. The molecular formula is C20H39B. The molecule has 2 fully saturated rings. The number of rotatable bonds is 8. The van der Waals surface area contributed by atoms with Crippen molar-refractivity contribution in [2.24, 2.45) is 17.8 Å². The van der Waals surface area contributed by atoms with Crippen molar-refractivity contribution in [2.45, 2.75) is 110 Å². The topological polar surface area (TPSA) is 0 Å². The summed E-state index contributed by atoms with van der Waals surface area (Å²) in [5, 5.41) is 0.525. The largest absolute Gasteiger partial charge is 0.146 e. The summed E-state index contributed by atoms with van der Waals surface area (Å²) in [5.41, 5.74) is 0. The van der Waals surface area contributed by atoms with Crippen molar-refractivity contribution in [1.82, 2.24) is 0 Å². The van der Waals surface area contributed by atoms with Gasteiger partial charge < -0.3 is 0 Å². The molecule has 0 spiro atoms. The lowest BCUT2D eigenvalue weighted by Crippen LogP contribution is -2.33. The summed E-state index contributed by atoms with van der Waals surface area (Å²) in [4.78, 5) is 0. The molecule has 0 aromatic rings. The summed E-state index contributed by atoms with van der Waals surface area (Å²) in [5.74, 6) is 2.96. The third-order valence-corrected chi connectivity index (χ3v) is 7.34. The van der Waals surface area contributed by atoms with Gasteiger partial charge in [0.25, 0.3) is 0 Å². The molecule has 0 atom stereocenters. The zero-order valence-electron chi connectivity index (χ0n) is 15.3. The van der Waals surface area contributed by atoms with Crippen molar-refractivity contribution >= 4 is 6.71 Å². The molecule has 0 nitrogen and oxygen atoms in total. The molecule has 0 bridgehead atoms. The van der Waals surface area contributed by atoms with Crippen LogP contribution < -0.4 is 0 Å². The molecule has 1 heteroatoms. The Morgan fingerprint density at radius 3 is 1.52 bits per heavy atom. The third-order valence-electron chi connectivity index (χ3n) is 7.34. The Labute approximate surface area is 134 Å².